The van der Waals surface area contributed by atoms with E-state index in [-0.39, 0.29) is 12.1 Å². The smallest absolute Gasteiger partial charge is 0.321 e. The van der Waals surface area contributed by atoms with Gasteiger partial charge >= 0.3 is 6.03 Å². The van der Waals surface area contributed by atoms with Gasteiger partial charge in [0.15, 0.2) is 0 Å². The largest absolute Gasteiger partial charge is 0.329 e. The molecule has 2 aromatic rings. The van der Waals surface area contributed by atoms with Gasteiger partial charge in [-0.3, -0.25) is 4.90 Å². The maximum Gasteiger partial charge on any atom is 0.329 e. The molecule has 2 fully saturated rings. The first-order valence-corrected chi connectivity index (χ1v) is 11.4. The molecule has 4 nitrogen and oxygen atoms in total. The van der Waals surface area contributed by atoms with E-state index in [1.165, 1.54) is 61.5 Å². The zero-order chi connectivity index (χ0) is 21.8. The Hall–Kier alpha value is -2.47. The molecule has 4 rings (SSSR count). The Morgan fingerprint density at radius 2 is 1.58 bits per heavy atom. The Balaban J connectivity index is 1.52. The number of carbonyl (C=O) groups excluding carboxylic acids is 1. The molecule has 2 aliphatic heterocycles. The first kappa shape index (κ1) is 21.8. The Morgan fingerprint density at radius 1 is 0.968 bits per heavy atom. The second-order valence-electron chi connectivity index (χ2n) is 8.87. The average Bonchev–Trinajstić information content (AvgIpc) is 2.75. The zero-order valence-electron chi connectivity index (χ0n) is 18.1. The van der Waals surface area contributed by atoms with Crippen molar-refractivity contribution in [3.63, 3.8) is 0 Å². The van der Waals surface area contributed by atoms with E-state index in [2.05, 4.69) is 11.8 Å². The third-order valence-electron chi connectivity index (χ3n) is 6.52. The average molecular weight is 428 g/mol. The molecule has 0 aliphatic carbocycles. The highest BCUT2D eigenvalue weighted by Gasteiger charge is 2.33. The Labute approximate surface area is 183 Å². The van der Waals surface area contributed by atoms with Gasteiger partial charge in [-0.1, -0.05) is 18.6 Å². The summed E-state index contributed by atoms with van der Waals surface area (Å²) < 4.78 is 27.9. The van der Waals surface area contributed by atoms with Gasteiger partial charge in [-0.25, -0.2) is 13.6 Å². The fraction of sp³-hybridized carbons (Fsp3) is 0.480. The molecule has 2 amide bonds. The first-order valence-electron chi connectivity index (χ1n) is 11.4. The minimum atomic E-state index is -0.431. The summed E-state index contributed by atoms with van der Waals surface area (Å²) in [5.74, 6) is -0.283. The van der Waals surface area contributed by atoms with E-state index in [4.69, 9.17) is 0 Å². The zero-order valence-corrected chi connectivity index (χ0v) is 18.1. The molecule has 0 N–H and O–H groups in total. The number of halogens is 2. The van der Waals surface area contributed by atoms with E-state index in [0.29, 0.717) is 23.8 Å². The van der Waals surface area contributed by atoms with Crippen LogP contribution < -0.4 is 4.90 Å². The molecule has 166 valence electrons. The maximum absolute atomic E-state index is 13.9. The van der Waals surface area contributed by atoms with Gasteiger partial charge in [0.25, 0.3) is 0 Å². The van der Waals surface area contributed by atoms with E-state index < -0.39 is 11.6 Å². The van der Waals surface area contributed by atoms with Gasteiger partial charge in [0.05, 0.1) is 11.4 Å². The molecule has 6 heteroatoms. The molecule has 0 bridgehead atoms. The fourth-order valence-corrected chi connectivity index (χ4v) is 4.96. The van der Waals surface area contributed by atoms with E-state index in [0.717, 1.165) is 19.4 Å². The number of amides is 2. The third kappa shape index (κ3) is 5.24. The highest BCUT2D eigenvalue weighted by atomic mass is 19.1. The lowest BCUT2D eigenvalue weighted by molar-refractivity contribution is 0.112. The highest BCUT2D eigenvalue weighted by molar-refractivity contribution is 5.99. The predicted octanol–water partition coefficient (Wildman–Crippen LogP) is 5.81. The number of hydrogen-bond donors (Lipinski definition) is 0. The van der Waals surface area contributed by atoms with E-state index in [9.17, 15) is 13.6 Å². The summed E-state index contributed by atoms with van der Waals surface area (Å²) in [7, 11) is 0. The number of nitrogens with zero attached hydrogens (tertiary/aromatic N) is 3. The normalized spacial score (nSPS) is 22.4. The molecule has 2 saturated heterocycles. The fourth-order valence-electron chi connectivity index (χ4n) is 4.96. The summed E-state index contributed by atoms with van der Waals surface area (Å²) in [5.41, 5.74) is 0.802. The number of piperidine rings is 2. The Morgan fingerprint density at radius 3 is 2.13 bits per heavy atom. The maximum atomic E-state index is 13.9. The van der Waals surface area contributed by atoms with Crippen LogP contribution >= 0.6 is 0 Å². The van der Waals surface area contributed by atoms with Crippen molar-refractivity contribution in [2.24, 2.45) is 5.92 Å². The van der Waals surface area contributed by atoms with Gasteiger partial charge in [-0.15, -0.1) is 0 Å². The van der Waals surface area contributed by atoms with Crippen LogP contribution in [-0.4, -0.2) is 48.1 Å². The van der Waals surface area contributed by atoms with Crippen LogP contribution in [0.5, 0.6) is 0 Å². The molecule has 0 radical (unpaired) electrons. The van der Waals surface area contributed by atoms with Gasteiger partial charge in [-0.2, -0.15) is 0 Å². The van der Waals surface area contributed by atoms with Crippen molar-refractivity contribution >= 4 is 17.4 Å². The molecule has 0 aromatic heterocycles. The van der Waals surface area contributed by atoms with Crippen molar-refractivity contribution in [1.82, 2.24) is 9.80 Å². The number of likely N-dealkylation sites (tertiary alicyclic amines) is 2. The molecule has 2 heterocycles. The van der Waals surface area contributed by atoms with Gasteiger partial charge in [0.1, 0.15) is 11.6 Å². The molecule has 0 saturated carbocycles. The molecule has 0 spiro atoms. The number of carbonyl (C=O) groups is 1. The van der Waals surface area contributed by atoms with Gasteiger partial charge in [-0.05, 0) is 88.0 Å². The van der Waals surface area contributed by atoms with Crippen LogP contribution in [0.2, 0.25) is 0 Å². The molecular weight excluding hydrogens is 396 g/mol. The van der Waals surface area contributed by atoms with Crippen molar-refractivity contribution in [2.45, 2.75) is 45.1 Å². The lowest BCUT2D eigenvalue weighted by atomic mass is 9.90. The summed E-state index contributed by atoms with van der Waals surface area (Å²) in [6.07, 6.45) is 5.79. The molecule has 2 aliphatic rings. The number of anilines is 2. The predicted molar refractivity (Wildman–Crippen MR) is 120 cm³/mol. The summed E-state index contributed by atoms with van der Waals surface area (Å²) in [4.78, 5) is 19.5. The molecule has 31 heavy (non-hydrogen) atoms. The van der Waals surface area contributed by atoms with Crippen molar-refractivity contribution < 1.29 is 13.6 Å². The number of rotatable bonds is 4. The molecule has 2 atom stereocenters. The number of urea groups is 1. The number of benzene rings is 2. The van der Waals surface area contributed by atoms with Crippen LogP contribution in [0.15, 0.2) is 48.5 Å². The van der Waals surface area contributed by atoms with Crippen LogP contribution in [0.3, 0.4) is 0 Å². The van der Waals surface area contributed by atoms with Crippen molar-refractivity contribution in [2.75, 3.05) is 31.1 Å². The minimum Gasteiger partial charge on any atom is -0.321 e. The van der Waals surface area contributed by atoms with E-state index in [1.54, 1.807) is 24.3 Å². The quantitative estimate of drug-likeness (QED) is 0.616. The summed E-state index contributed by atoms with van der Waals surface area (Å²) in [6, 6.07) is 11.6. The molecular formula is C25H31F2N3O. The van der Waals surface area contributed by atoms with Gasteiger partial charge in [0.2, 0.25) is 0 Å². The van der Waals surface area contributed by atoms with E-state index in [1.807, 2.05) is 4.90 Å². The van der Waals surface area contributed by atoms with E-state index >= 15 is 0 Å². The van der Waals surface area contributed by atoms with Crippen LogP contribution in [0, 0.1) is 17.6 Å². The standard InChI is InChI=1S/C25H31F2N3O/c1-19-15-20(18-28-12-3-2-4-13-28)11-14-29(19)25(31)30(23-9-5-7-21(26)16-23)24-10-6-8-22(27)17-24/h5-10,16-17,19-20H,2-4,11-15,18H2,1H3. The topological polar surface area (TPSA) is 26.8 Å². The van der Waals surface area contributed by atoms with Crippen LogP contribution in [0.25, 0.3) is 0 Å². The Bertz CT molecular complexity index is 854. The lowest BCUT2D eigenvalue weighted by Gasteiger charge is -2.42. The summed E-state index contributed by atoms with van der Waals surface area (Å²) in [5, 5.41) is 0. The van der Waals surface area contributed by atoms with Crippen molar-refractivity contribution in [3.05, 3.63) is 60.2 Å². The van der Waals surface area contributed by atoms with Gasteiger partial charge < -0.3 is 9.80 Å². The summed E-state index contributed by atoms with van der Waals surface area (Å²) >= 11 is 0. The van der Waals surface area contributed by atoms with Gasteiger partial charge in [0, 0.05) is 19.1 Å². The SMILES string of the molecule is CC1CC(CN2CCCCC2)CCN1C(=O)N(c1cccc(F)c1)c1cccc(F)c1. The van der Waals surface area contributed by atoms with Crippen LogP contribution in [-0.2, 0) is 0 Å². The molecule has 2 aromatic carbocycles. The minimum absolute atomic E-state index is 0.0701. The first-order chi connectivity index (χ1) is 15.0. The summed E-state index contributed by atoms with van der Waals surface area (Å²) in [6.45, 7) is 6.19. The van der Waals surface area contributed by atoms with Crippen molar-refractivity contribution in [3.8, 4) is 0 Å². The number of hydrogen-bond acceptors (Lipinski definition) is 2. The lowest BCUT2D eigenvalue weighted by Crippen LogP contribution is -2.51. The third-order valence-corrected chi connectivity index (χ3v) is 6.52. The molecule has 2 unspecified atom stereocenters. The monoisotopic (exact) mass is 427 g/mol. The van der Waals surface area contributed by atoms with Crippen molar-refractivity contribution in [1.29, 1.82) is 0 Å². The second kappa shape index (κ2) is 9.77. The highest BCUT2D eigenvalue weighted by Crippen LogP contribution is 2.32. The second-order valence-corrected chi connectivity index (χ2v) is 8.87. The van der Waals surface area contributed by atoms with Crippen LogP contribution in [0.4, 0.5) is 25.0 Å². The van der Waals surface area contributed by atoms with Crippen LogP contribution in [0.1, 0.15) is 39.0 Å². The Kier molecular flexibility index (Phi) is 6.86.